The molecule has 60 valence electrons. The summed E-state index contributed by atoms with van der Waals surface area (Å²) >= 11 is 0. The van der Waals surface area contributed by atoms with Gasteiger partial charge in [0.05, 0.1) is 5.69 Å². The van der Waals surface area contributed by atoms with Gasteiger partial charge in [-0.1, -0.05) is 0 Å². The third-order valence-corrected chi connectivity index (χ3v) is 1.27. The van der Waals surface area contributed by atoms with Crippen LogP contribution in [0.1, 0.15) is 16.2 Å². The lowest BCUT2D eigenvalue weighted by molar-refractivity contribution is 0.0685. The molecule has 0 saturated carbocycles. The van der Waals surface area contributed by atoms with Crippen molar-refractivity contribution in [1.29, 1.82) is 0 Å². The molecule has 0 aliphatic heterocycles. The zero-order valence-corrected chi connectivity index (χ0v) is 5.61. The van der Waals surface area contributed by atoms with E-state index in [1.165, 1.54) is 6.92 Å². The third-order valence-electron chi connectivity index (χ3n) is 1.27. The van der Waals surface area contributed by atoms with Crippen LogP contribution in [0.15, 0.2) is 0 Å². The Morgan fingerprint density at radius 3 is 2.18 bits per heavy atom. The van der Waals surface area contributed by atoms with Gasteiger partial charge in [0.15, 0.2) is 17.3 Å². The lowest BCUT2D eigenvalue weighted by atomic mass is 10.4. The highest BCUT2D eigenvalue weighted by Gasteiger charge is 2.19. The van der Waals surface area contributed by atoms with Gasteiger partial charge in [0.2, 0.25) is 0 Å². The van der Waals surface area contributed by atoms with Gasteiger partial charge < -0.3 is 10.1 Å². The Morgan fingerprint density at radius 2 is 2.00 bits per heavy atom. The summed E-state index contributed by atoms with van der Waals surface area (Å²) in [5, 5.41) is 8.27. The topological polar surface area (TPSA) is 53.1 Å². The van der Waals surface area contributed by atoms with Gasteiger partial charge >= 0.3 is 5.97 Å². The van der Waals surface area contributed by atoms with Crippen molar-refractivity contribution >= 4 is 5.97 Å². The van der Waals surface area contributed by atoms with Crippen LogP contribution in [0.5, 0.6) is 0 Å². The molecular formula is C6H5F2NO2. The van der Waals surface area contributed by atoms with E-state index in [-0.39, 0.29) is 5.69 Å². The first-order valence-corrected chi connectivity index (χ1v) is 2.81. The molecule has 1 rings (SSSR count). The number of hydrogen-bond donors (Lipinski definition) is 2. The molecule has 0 amide bonds. The lowest BCUT2D eigenvalue weighted by Crippen LogP contribution is -1.99. The Bertz CT molecular complexity index is 306. The Morgan fingerprint density at radius 1 is 1.45 bits per heavy atom. The molecule has 2 N–H and O–H groups in total. The SMILES string of the molecule is Cc1[nH]c(C(=O)O)c(F)c1F. The Hall–Kier alpha value is -1.39. The van der Waals surface area contributed by atoms with Crippen molar-refractivity contribution in [3.63, 3.8) is 0 Å². The number of aromatic amines is 1. The van der Waals surface area contributed by atoms with Gasteiger partial charge in [-0.3, -0.25) is 0 Å². The highest BCUT2D eigenvalue weighted by Crippen LogP contribution is 2.13. The molecule has 0 aliphatic carbocycles. The molecule has 0 atom stereocenters. The summed E-state index contributed by atoms with van der Waals surface area (Å²) in [4.78, 5) is 12.2. The lowest BCUT2D eigenvalue weighted by Gasteiger charge is -1.85. The second-order valence-corrected chi connectivity index (χ2v) is 2.06. The van der Waals surface area contributed by atoms with Crippen molar-refractivity contribution < 1.29 is 18.7 Å². The Labute approximate surface area is 60.7 Å². The molecule has 0 saturated heterocycles. The highest BCUT2D eigenvalue weighted by atomic mass is 19.2. The van der Waals surface area contributed by atoms with E-state index in [0.29, 0.717) is 0 Å². The zero-order valence-electron chi connectivity index (χ0n) is 5.61. The fourth-order valence-corrected chi connectivity index (χ4v) is 0.719. The van der Waals surface area contributed by atoms with Crippen molar-refractivity contribution in [3.8, 4) is 0 Å². The average Bonchev–Trinajstić information content (AvgIpc) is 2.17. The van der Waals surface area contributed by atoms with Crippen LogP contribution in [0, 0.1) is 18.6 Å². The summed E-state index contributed by atoms with van der Waals surface area (Å²) in [6.07, 6.45) is 0. The number of carbonyl (C=O) groups is 1. The number of aryl methyl sites for hydroxylation is 1. The fraction of sp³-hybridized carbons (Fsp3) is 0.167. The molecule has 0 fully saturated rings. The molecule has 1 aromatic rings. The number of hydrogen-bond acceptors (Lipinski definition) is 1. The van der Waals surface area contributed by atoms with E-state index in [0.717, 1.165) is 0 Å². The number of aromatic carboxylic acids is 1. The molecule has 0 unspecified atom stereocenters. The molecule has 0 aromatic carbocycles. The summed E-state index contributed by atoms with van der Waals surface area (Å²) < 4.78 is 24.9. The minimum absolute atomic E-state index is 0.111. The molecule has 0 bridgehead atoms. The van der Waals surface area contributed by atoms with Crippen LogP contribution >= 0.6 is 0 Å². The first-order chi connectivity index (χ1) is 5.04. The molecule has 0 aliphatic rings. The van der Waals surface area contributed by atoms with E-state index in [1.54, 1.807) is 0 Å². The standard InChI is InChI=1S/C6H5F2NO2/c1-2-3(7)4(8)5(9-2)6(10)11/h9H,1H3,(H,10,11). The van der Waals surface area contributed by atoms with Crippen LogP contribution in [0.25, 0.3) is 0 Å². The number of aromatic nitrogens is 1. The van der Waals surface area contributed by atoms with Crippen LogP contribution in [0.3, 0.4) is 0 Å². The van der Waals surface area contributed by atoms with E-state index >= 15 is 0 Å². The Balaban J connectivity index is 3.29. The minimum atomic E-state index is -1.51. The third kappa shape index (κ3) is 1.09. The number of carboxylic acid groups (broad SMARTS) is 1. The van der Waals surface area contributed by atoms with Crippen molar-refractivity contribution in [2.24, 2.45) is 0 Å². The number of carboxylic acids is 1. The highest BCUT2D eigenvalue weighted by molar-refractivity contribution is 5.86. The van der Waals surface area contributed by atoms with Gasteiger partial charge in [-0.05, 0) is 6.92 Å². The van der Waals surface area contributed by atoms with Crippen LogP contribution in [-0.4, -0.2) is 16.1 Å². The van der Waals surface area contributed by atoms with E-state index in [9.17, 15) is 13.6 Å². The number of halogens is 2. The molecule has 0 spiro atoms. The van der Waals surface area contributed by atoms with Gasteiger partial charge in [-0.2, -0.15) is 0 Å². The predicted octanol–water partition coefficient (Wildman–Crippen LogP) is 1.30. The minimum Gasteiger partial charge on any atom is -0.476 e. The van der Waals surface area contributed by atoms with E-state index in [2.05, 4.69) is 4.98 Å². The van der Waals surface area contributed by atoms with Gasteiger partial charge in [0.1, 0.15) is 0 Å². The first kappa shape index (κ1) is 7.71. The number of rotatable bonds is 1. The summed E-state index contributed by atoms with van der Waals surface area (Å²) in [6, 6.07) is 0. The number of H-pyrrole nitrogens is 1. The normalized spacial score (nSPS) is 10.1. The monoisotopic (exact) mass is 161 g/mol. The molecule has 0 radical (unpaired) electrons. The van der Waals surface area contributed by atoms with E-state index in [4.69, 9.17) is 5.11 Å². The maximum atomic E-state index is 12.5. The van der Waals surface area contributed by atoms with Crippen LogP contribution in [-0.2, 0) is 0 Å². The summed E-state index contributed by atoms with van der Waals surface area (Å²) in [7, 11) is 0. The first-order valence-electron chi connectivity index (χ1n) is 2.81. The summed E-state index contributed by atoms with van der Waals surface area (Å²) in [5.41, 5.74) is -0.847. The van der Waals surface area contributed by atoms with Gasteiger partial charge in [-0.25, -0.2) is 13.6 Å². The van der Waals surface area contributed by atoms with Crippen LogP contribution in [0.2, 0.25) is 0 Å². The van der Waals surface area contributed by atoms with Gasteiger partial charge in [0.25, 0.3) is 0 Å². The smallest absolute Gasteiger partial charge is 0.355 e. The van der Waals surface area contributed by atoms with Crippen molar-refractivity contribution in [1.82, 2.24) is 4.98 Å². The molecule has 1 heterocycles. The summed E-state index contributed by atoms with van der Waals surface area (Å²) in [6.45, 7) is 1.25. The van der Waals surface area contributed by atoms with Crippen LogP contribution in [0.4, 0.5) is 8.78 Å². The number of nitrogens with one attached hydrogen (secondary N) is 1. The van der Waals surface area contributed by atoms with E-state index < -0.39 is 23.3 Å². The summed E-state index contributed by atoms with van der Waals surface area (Å²) in [5.74, 6) is -3.98. The second kappa shape index (κ2) is 2.34. The van der Waals surface area contributed by atoms with Gasteiger partial charge in [-0.15, -0.1) is 0 Å². The van der Waals surface area contributed by atoms with Crippen molar-refractivity contribution in [2.75, 3.05) is 0 Å². The average molecular weight is 161 g/mol. The molecule has 3 nitrogen and oxygen atoms in total. The fourth-order valence-electron chi connectivity index (χ4n) is 0.719. The maximum absolute atomic E-state index is 12.5. The quantitative estimate of drug-likeness (QED) is 0.652. The zero-order chi connectivity index (χ0) is 8.59. The van der Waals surface area contributed by atoms with Crippen molar-refractivity contribution in [2.45, 2.75) is 6.92 Å². The molecule has 5 heteroatoms. The maximum Gasteiger partial charge on any atom is 0.355 e. The molecular weight excluding hydrogens is 156 g/mol. The Kier molecular flexibility index (Phi) is 1.64. The molecule has 11 heavy (non-hydrogen) atoms. The van der Waals surface area contributed by atoms with E-state index in [1.807, 2.05) is 0 Å². The second-order valence-electron chi connectivity index (χ2n) is 2.06. The predicted molar refractivity (Wildman–Crippen MR) is 32.4 cm³/mol. The van der Waals surface area contributed by atoms with Gasteiger partial charge in [0, 0.05) is 0 Å². The molecule has 1 aromatic heterocycles. The van der Waals surface area contributed by atoms with Crippen molar-refractivity contribution in [3.05, 3.63) is 23.0 Å². The largest absolute Gasteiger partial charge is 0.476 e. The van der Waals surface area contributed by atoms with Crippen LogP contribution < -0.4 is 0 Å².